The van der Waals surface area contributed by atoms with E-state index in [0.29, 0.717) is 0 Å². The van der Waals surface area contributed by atoms with Gasteiger partial charge in [-0.3, -0.25) is 10.7 Å². The van der Waals surface area contributed by atoms with Crippen molar-refractivity contribution in [2.24, 2.45) is 11.3 Å². The summed E-state index contributed by atoms with van der Waals surface area (Å²) in [7, 11) is 0. The highest BCUT2D eigenvalue weighted by Crippen LogP contribution is 2.66. The van der Waals surface area contributed by atoms with Crippen LogP contribution in [-0.4, -0.2) is 5.21 Å². The molecule has 68 valence electrons. The van der Waals surface area contributed by atoms with E-state index in [1.54, 1.807) is 0 Å². The third-order valence-electron chi connectivity index (χ3n) is 3.19. The molecule has 0 aliphatic heterocycles. The molecule has 1 unspecified atom stereocenters. The molecule has 0 amide bonds. The molecule has 0 aromatic heterocycles. The average molecular weight is 176 g/mol. The van der Waals surface area contributed by atoms with Crippen LogP contribution < -0.4 is 5.48 Å². The number of rotatable bonds is 1. The zero-order chi connectivity index (χ0) is 9.80. The van der Waals surface area contributed by atoms with Crippen molar-refractivity contribution in [3.63, 3.8) is 0 Å². The first kappa shape index (κ1) is 8.33. The molecule has 0 aromatic carbocycles. The second kappa shape index (κ2) is 2.15. The van der Waals surface area contributed by atoms with E-state index < -0.39 is 0 Å². The van der Waals surface area contributed by atoms with Crippen molar-refractivity contribution in [3.8, 4) is 6.07 Å². The van der Waals surface area contributed by atoms with Crippen molar-refractivity contribution < 1.29 is 5.21 Å². The number of hydroxylamine groups is 1. The predicted molar refractivity (Wildman–Crippen MR) is 47.5 cm³/mol. The summed E-state index contributed by atoms with van der Waals surface area (Å²) in [5.41, 5.74) is 5.88. The van der Waals surface area contributed by atoms with Gasteiger partial charge in [0.1, 0.15) is 0 Å². The number of nitrogens with zero attached hydrogens (tertiary/aromatic N) is 1. The molecule has 2 aliphatic rings. The average Bonchev–Trinajstić information content (AvgIpc) is 2.52. The SMILES string of the molecule is CC1=C(C#N)C2C(=C1NO)C2(C)C. The molecule has 0 radical (unpaired) electrons. The zero-order valence-electron chi connectivity index (χ0n) is 7.97. The molecule has 13 heavy (non-hydrogen) atoms. The Balaban J connectivity index is 2.51. The Kier molecular flexibility index (Phi) is 1.38. The third-order valence-corrected chi connectivity index (χ3v) is 3.19. The van der Waals surface area contributed by atoms with Crippen LogP contribution >= 0.6 is 0 Å². The fourth-order valence-corrected chi connectivity index (χ4v) is 2.36. The van der Waals surface area contributed by atoms with E-state index in [1.807, 2.05) is 6.92 Å². The zero-order valence-corrected chi connectivity index (χ0v) is 7.97. The summed E-state index contributed by atoms with van der Waals surface area (Å²) in [6.45, 7) is 6.05. The summed E-state index contributed by atoms with van der Waals surface area (Å²) in [6, 6.07) is 2.21. The molecule has 2 rings (SSSR count). The van der Waals surface area contributed by atoms with Crippen molar-refractivity contribution in [1.82, 2.24) is 5.48 Å². The van der Waals surface area contributed by atoms with Crippen LogP contribution in [0.4, 0.5) is 0 Å². The lowest BCUT2D eigenvalue weighted by Crippen LogP contribution is -2.10. The summed E-state index contributed by atoms with van der Waals surface area (Å²) in [5.74, 6) is 0.243. The normalized spacial score (nSPS) is 28.7. The molecule has 0 spiro atoms. The van der Waals surface area contributed by atoms with Gasteiger partial charge in [0.15, 0.2) is 0 Å². The summed E-state index contributed by atoms with van der Waals surface area (Å²) < 4.78 is 0. The molecule has 1 saturated carbocycles. The minimum Gasteiger partial charge on any atom is -0.291 e. The minimum atomic E-state index is 0.0651. The Morgan fingerprint density at radius 3 is 2.46 bits per heavy atom. The van der Waals surface area contributed by atoms with Crippen LogP contribution in [0, 0.1) is 22.7 Å². The maximum Gasteiger partial charge on any atom is 0.0957 e. The Morgan fingerprint density at radius 1 is 1.54 bits per heavy atom. The Labute approximate surface area is 77.3 Å². The van der Waals surface area contributed by atoms with Crippen molar-refractivity contribution in [2.45, 2.75) is 20.8 Å². The molecule has 3 heteroatoms. The molecule has 3 nitrogen and oxygen atoms in total. The van der Waals surface area contributed by atoms with Gasteiger partial charge in [0.05, 0.1) is 11.8 Å². The van der Waals surface area contributed by atoms with E-state index in [0.717, 1.165) is 16.8 Å². The molecule has 0 bridgehead atoms. The summed E-state index contributed by atoms with van der Waals surface area (Å²) >= 11 is 0. The molecule has 0 aromatic rings. The fourth-order valence-electron chi connectivity index (χ4n) is 2.36. The molecule has 2 N–H and O–H groups in total. The largest absolute Gasteiger partial charge is 0.291 e. The molecule has 1 fully saturated rings. The van der Waals surface area contributed by atoms with Gasteiger partial charge >= 0.3 is 0 Å². The second-order valence-corrected chi connectivity index (χ2v) is 4.21. The van der Waals surface area contributed by atoms with Crippen LogP contribution in [0.5, 0.6) is 0 Å². The number of hydrogen-bond acceptors (Lipinski definition) is 3. The van der Waals surface area contributed by atoms with E-state index in [1.165, 1.54) is 5.57 Å². The number of fused-ring (bicyclic) bond motifs is 1. The predicted octanol–water partition coefficient (Wildman–Crippen LogP) is 1.73. The number of allylic oxidation sites excluding steroid dienone is 3. The maximum absolute atomic E-state index is 8.94. The van der Waals surface area contributed by atoms with Crippen LogP contribution in [0.3, 0.4) is 0 Å². The standard InChI is InChI=1S/C10H12N2O/c1-5-6(4-11)7-8(9(5)12-13)10(7,2)3/h7,12-13H,1-3H3. The van der Waals surface area contributed by atoms with Gasteiger partial charge < -0.3 is 0 Å². The molecular formula is C10H12N2O. The van der Waals surface area contributed by atoms with Crippen LogP contribution in [0.25, 0.3) is 0 Å². The van der Waals surface area contributed by atoms with Gasteiger partial charge in [-0.15, -0.1) is 0 Å². The lowest BCUT2D eigenvalue weighted by molar-refractivity contribution is 0.202. The van der Waals surface area contributed by atoms with Crippen molar-refractivity contribution in [2.75, 3.05) is 0 Å². The highest BCUT2D eigenvalue weighted by molar-refractivity contribution is 5.64. The first-order valence-electron chi connectivity index (χ1n) is 4.31. The summed E-state index contributed by atoms with van der Waals surface area (Å²) in [4.78, 5) is 0. The van der Waals surface area contributed by atoms with Crippen LogP contribution in [-0.2, 0) is 0 Å². The highest BCUT2D eigenvalue weighted by atomic mass is 16.5. The van der Waals surface area contributed by atoms with Gasteiger partial charge in [0.25, 0.3) is 0 Å². The third kappa shape index (κ3) is 0.763. The van der Waals surface area contributed by atoms with Gasteiger partial charge in [-0.1, -0.05) is 13.8 Å². The summed E-state index contributed by atoms with van der Waals surface area (Å²) in [6.07, 6.45) is 0. The lowest BCUT2D eigenvalue weighted by Gasteiger charge is -2.09. The number of nitriles is 1. The number of hydrogen-bond donors (Lipinski definition) is 2. The Morgan fingerprint density at radius 2 is 2.15 bits per heavy atom. The van der Waals surface area contributed by atoms with Crippen molar-refractivity contribution in [1.29, 1.82) is 5.26 Å². The Hall–Kier alpha value is -1.27. The summed E-state index contributed by atoms with van der Waals surface area (Å²) in [5, 5.41) is 17.9. The maximum atomic E-state index is 8.94. The quantitative estimate of drug-likeness (QED) is 0.598. The van der Waals surface area contributed by atoms with Crippen molar-refractivity contribution in [3.05, 3.63) is 22.4 Å². The smallest absolute Gasteiger partial charge is 0.0957 e. The first-order valence-corrected chi connectivity index (χ1v) is 4.31. The van der Waals surface area contributed by atoms with Crippen LogP contribution in [0.2, 0.25) is 0 Å². The molecule has 2 aliphatic carbocycles. The molecule has 0 heterocycles. The van der Waals surface area contributed by atoms with Gasteiger partial charge in [-0.25, -0.2) is 0 Å². The van der Waals surface area contributed by atoms with Gasteiger partial charge in [0, 0.05) is 16.9 Å². The highest BCUT2D eigenvalue weighted by Gasteiger charge is 2.60. The fraction of sp³-hybridized carbons (Fsp3) is 0.500. The second-order valence-electron chi connectivity index (χ2n) is 4.21. The van der Waals surface area contributed by atoms with Crippen molar-refractivity contribution >= 4 is 0 Å². The van der Waals surface area contributed by atoms with E-state index in [2.05, 4.69) is 25.4 Å². The topological polar surface area (TPSA) is 56.0 Å². The van der Waals surface area contributed by atoms with Crippen LogP contribution in [0.15, 0.2) is 22.4 Å². The number of nitrogens with one attached hydrogen (secondary N) is 1. The molecule has 0 saturated heterocycles. The van der Waals surface area contributed by atoms with Gasteiger partial charge in [0.2, 0.25) is 0 Å². The van der Waals surface area contributed by atoms with E-state index in [-0.39, 0.29) is 11.3 Å². The van der Waals surface area contributed by atoms with Gasteiger partial charge in [-0.05, 0) is 18.1 Å². The Bertz CT molecular complexity index is 382. The minimum absolute atomic E-state index is 0.0651. The van der Waals surface area contributed by atoms with E-state index >= 15 is 0 Å². The lowest BCUT2D eigenvalue weighted by atomic mass is 9.98. The van der Waals surface area contributed by atoms with E-state index in [9.17, 15) is 0 Å². The van der Waals surface area contributed by atoms with Crippen LogP contribution in [0.1, 0.15) is 20.8 Å². The first-order chi connectivity index (χ1) is 6.05. The van der Waals surface area contributed by atoms with E-state index in [4.69, 9.17) is 10.5 Å². The van der Waals surface area contributed by atoms with Gasteiger partial charge in [-0.2, -0.15) is 5.26 Å². The molecular weight excluding hydrogens is 164 g/mol. The monoisotopic (exact) mass is 176 g/mol. The molecule has 1 atom stereocenters.